The predicted octanol–water partition coefficient (Wildman–Crippen LogP) is 3.27. The number of carbonyl (C=O) groups excluding carboxylic acids is 4. The monoisotopic (exact) mass is 669 g/mol. The van der Waals surface area contributed by atoms with Gasteiger partial charge in [-0.1, -0.05) is 45.0 Å². The molecule has 0 saturated carbocycles. The largest absolute Gasteiger partial charge is 0.444 e. The number of nitrogens with two attached hydrogens (primary N) is 1. The third-order valence-electron chi connectivity index (χ3n) is 7.24. The van der Waals surface area contributed by atoms with Crippen molar-refractivity contribution in [2.45, 2.75) is 101 Å². The van der Waals surface area contributed by atoms with E-state index >= 15 is 0 Å². The van der Waals surface area contributed by atoms with Gasteiger partial charge in [-0.2, -0.15) is 0 Å². The second kappa shape index (κ2) is 12.6. The fourth-order valence-corrected chi connectivity index (χ4v) is 5.57. The Bertz CT molecular complexity index is 1110. The van der Waals surface area contributed by atoms with Crippen molar-refractivity contribution < 1.29 is 23.9 Å². The van der Waals surface area contributed by atoms with Crippen molar-refractivity contribution in [3.8, 4) is 0 Å². The minimum Gasteiger partial charge on any atom is -0.444 e. The third-order valence-corrected chi connectivity index (χ3v) is 8.64. The lowest BCUT2D eigenvalue weighted by Crippen LogP contribution is -2.60. The zero-order valence-corrected chi connectivity index (χ0v) is 26.8. The number of likely N-dealkylation sites (tertiary alicyclic amines) is 1. The first kappa shape index (κ1) is 32.1. The van der Waals surface area contributed by atoms with Gasteiger partial charge in [0, 0.05) is 19.6 Å². The minimum atomic E-state index is -0.944. The number of benzene rings is 1. The van der Waals surface area contributed by atoms with E-state index in [1.54, 1.807) is 20.8 Å². The van der Waals surface area contributed by atoms with Crippen LogP contribution in [0.1, 0.15) is 78.0 Å². The molecule has 40 heavy (non-hydrogen) atoms. The maximum absolute atomic E-state index is 14.0. The molecule has 5 atom stereocenters. The molecule has 0 radical (unpaired) electrons. The fraction of sp³-hybridized carbons (Fsp3) is 0.655. The SMILES string of the molecule is CN(C(=O)OC(C)(C)C)[C@@H](I)C(=O)N[C@H](C(=O)N1C[C@@H](N)C[C@H]1C(=O)N[C@@H]1CCCc2ccccc21)C(C)(C)C. The molecule has 1 heterocycles. The van der Waals surface area contributed by atoms with Gasteiger partial charge in [0.25, 0.3) is 5.91 Å². The number of ether oxygens (including phenoxy) is 1. The molecule has 4 amide bonds. The molecule has 2 aliphatic rings. The normalized spacial score (nSPS) is 22.5. The van der Waals surface area contributed by atoms with Crippen LogP contribution in [0.5, 0.6) is 0 Å². The van der Waals surface area contributed by atoms with E-state index in [1.165, 1.54) is 22.4 Å². The van der Waals surface area contributed by atoms with Crippen molar-refractivity contribution in [2.24, 2.45) is 11.1 Å². The summed E-state index contributed by atoms with van der Waals surface area (Å²) >= 11 is 1.85. The third kappa shape index (κ3) is 7.86. The molecule has 1 saturated heterocycles. The standard InChI is InChI=1S/C29H44IN5O5/c1-28(2,3)22(33-25(37)23(30)34(7)27(39)40-29(4,5)6)26(38)35-16-18(31)15-21(35)24(36)32-20-14-10-12-17-11-8-9-13-19(17)20/h8-9,11,13,18,20-23H,10,12,14-16,31H2,1-7H3,(H,32,36)(H,33,37)/t18-,20+,21-,22+,23+/m0/s1. The number of alkyl halides is 1. The number of aryl methyl sites for hydroxylation is 1. The fourth-order valence-electron chi connectivity index (χ4n) is 5.16. The number of carbonyl (C=O) groups is 4. The number of nitrogens with one attached hydrogen (secondary N) is 2. The van der Waals surface area contributed by atoms with Crippen LogP contribution in [0.3, 0.4) is 0 Å². The van der Waals surface area contributed by atoms with E-state index in [0.29, 0.717) is 6.42 Å². The second-order valence-electron chi connectivity index (χ2n) is 12.9. The molecular formula is C29H44IN5O5. The average molecular weight is 670 g/mol. The number of amides is 4. The molecule has 222 valence electrons. The highest BCUT2D eigenvalue weighted by Crippen LogP contribution is 2.31. The van der Waals surface area contributed by atoms with Crippen LogP contribution >= 0.6 is 22.6 Å². The van der Waals surface area contributed by atoms with E-state index in [4.69, 9.17) is 10.5 Å². The number of likely N-dealkylation sites (N-methyl/N-ethyl adjacent to an activating group) is 1. The van der Waals surface area contributed by atoms with Crippen LogP contribution in [0.15, 0.2) is 24.3 Å². The van der Waals surface area contributed by atoms with Crippen molar-refractivity contribution in [3.05, 3.63) is 35.4 Å². The lowest BCUT2D eigenvalue weighted by Gasteiger charge is -2.37. The highest BCUT2D eigenvalue weighted by Gasteiger charge is 2.45. The first-order valence-electron chi connectivity index (χ1n) is 13.8. The Hall–Kier alpha value is -2.41. The highest BCUT2D eigenvalue weighted by atomic mass is 127. The predicted molar refractivity (Wildman–Crippen MR) is 162 cm³/mol. The van der Waals surface area contributed by atoms with Crippen molar-refractivity contribution in [1.82, 2.24) is 20.4 Å². The summed E-state index contributed by atoms with van der Waals surface area (Å²) < 4.78 is 4.46. The van der Waals surface area contributed by atoms with E-state index < -0.39 is 39.1 Å². The van der Waals surface area contributed by atoms with E-state index in [-0.39, 0.29) is 30.4 Å². The number of nitrogens with zero attached hydrogens (tertiary/aromatic N) is 2. The molecule has 0 aromatic heterocycles. The van der Waals surface area contributed by atoms with Crippen LogP contribution in [-0.2, 0) is 25.5 Å². The molecule has 0 spiro atoms. The van der Waals surface area contributed by atoms with Crippen LogP contribution in [-0.4, -0.2) is 75.0 Å². The summed E-state index contributed by atoms with van der Waals surface area (Å²) in [7, 11) is 1.47. The summed E-state index contributed by atoms with van der Waals surface area (Å²) in [6.07, 6.45) is 2.48. The number of hydrogen-bond donors (Lipinski definition) is 3. The van der Waals surface area contributed by atoms with Crippen LogP contribution in [0.2, 0.25) is 0 Å². The number of hydrogen-bond acceptors (Lipinski definition) is 6. The Morgan fingerprint density at radius 3 is 2.40 bits per heavy atom. The molecule has 4 N–H and O–H groups in total. The smallest absolute Gasteiger partial charge is 0.411 e. The zero-order valence-electron chi connectivity index (χ0n) is 24.6. The Kier molecular flexibility index (Phi) is 10.1. The topological polar surface area (TPSA) is 134 Å². The number of halogens is 1. The first-order chi connectivity index (χ1) is 18.5. The summed E-state index contributed by atoms with van der Waals surface area (Å²) in [5.74, 6) is -1.12. The molecule has 0 unspecified atom stereocenters. The lowest BCUT2D eigenvalue weighted by molar-refractivity contribution is -0.144. The van der Waals surface area contributed by atoms with E-state index in [2.05, 4.69) is 16.7 Å². The van der Waals surface area contributed by atoms with Gasteiger partial charge in [0.2, 0.25) is 11.8 Å². The summed E-state index contributed by atoms with van der Waals surface area (Å²) in [5, 5.41) is 6.01. The molecule has 10 nitrogen and oxygen atoms in total. The molecule has 1 aromatic rings. The molecule has 11 heteroatoms. The van der Waals surface area contributed by atoms with Gasteiger partial charge in [-0.3, -0.25) is 19.3 Å². The van der Waals surface area contributed by atoms with Crippen molar-refractivity contribution >= 4 is 46.4 Å². The van der Waals surface area contributed by atoms with Gasteiger partial charge in [0.15, 0.2) is 4.05 Å². The van der Waals surface area contributed by atoms with Gasteiger partial charge in [-0.15, -0.1) is 0 Å². The minimum absolute atomic E-state index is 0.118. The maximum atomic E-state index is 14.0. The lowest BCUT2D eigenvalue weighted by atomic mass is 9.85. The second-order valence-corrected chi connectivity index (χ2v) is 14.1. The van der Waals surface area contributed by atoms with Crippen LogP contribution < -0.4 is 16.4 Å². The van der Waals surface area contributed by atoms with Crippen LogP contribution in [0, 0.1) is 5.41 Å². The van der Waals surface area contributed by atoms with Crippen molar-refractivity contribution in [3.63, 3.8) is 0 Å². The van der Waals surface area contributed by atoms with Gasteiger partial charge in [-0.25, -0.2) is 4.79 Å². The zero-order chi connectivity index (χ0) is 30.0. The van der Waals surface area contributed by atoms with Crippen LogP contribution in [0.25, 0.3) is 0 Å². The van der Waals surface area contributed by atoms with E-state index in [9.17, 15) is 19.2 Å². The highest BCUT2D eigenvalue weighted by molar-refractivity contribution is 14.1. The molecule has 1 fully saturated rings. The molecule has 3 rings (SSSR count). The van der Waals surface area contributed by atoms with E-state index in [1.807, 2.05) is 61.6 Å². The van der Waals surface area contributed by atoms with Crippen LogP contribution in [0.4, 0.5) is 4.79 Å². The van der Waals surface area contributed by atoms with Gasteiger partial charge < -0.3 is 26.0 Å². The molecular weight excluding hydrogens is 625 g/mol. The van der Waals surface area contributed by atoms with Gasteiger partial charge in [0.05, 0.1) is 6.04 Å². The Balaban J connectivity index is 1.75. The summed E-state index contributed by atoms with van der Waals surface area (Å²) in [5.41, 5.74) is 7.22. The molecule has 0 bridgehead atoms. The molecule has 1 aromatic carbocycles. The molecule has 1 aliphatic carbocycles. The quantitative estimate of drug-likeness (QED) is 0.242. The van der Waals surface area contributed by atoms with E-state index in [0.717, 1.165) is 24.8 Å². The van der Waals surface area contributed by atoms with Gasteiger partial charge in [0.1, 0.15) is 17.7 Å². The van der Waals surface area contributed by atoms with Crippen molar-refractivity contribution in [1.29, 1.82) is 0 Å². The molecule has 1 aliphatic heterocycles. The summed E-state index contributed by atoms with van der Waals surface area (Å²) in [4.78, 5) is 56.0. The average Bonchev–Trinajstić information content (AvgIpc) is 3.26. The van der Waals surface area contributed by atoms with Gasteiger partial charge >= 0.3 is 6.09 Å². The number of rotatable bonds is 6. The Morgan fingerprint density at radius 1 is 1.12 bits per heavy atom. The van der Waals surface area contributed by atoms with Gasteiger partial charge in [-0.05, 0) is 85.6 Å². The Morgan fingerprint density at radius 2 is 1.77 bits per heavy atom. The maximum Gasteiger partial charge on any atom is 0.411 e. The number of fused-ring (bicyclic) bond motifs is 1. The first-order valence-corrected chi connectivity index (χ1v) is 15.1. The Labute approximate surface area is 251 Å². The van der Waals surface area contributed by atoms with Crippen molar-refractivity contribution in [2.75, 3.05) is 13.6 Å². The summed E-state index contributed by atoms with van der Waals surface area (Å²) in [6, 6.07) is 5.96. The summed E-state index contributed by atoms with van der Waals surface area (Å²) in [6.45, 7) is 11.0.